The van der Waals surface area contributed by atoms with Crippen LogP contribution in [0.2, 0.25) is 5.28 Å². The van der Waals surface area contributed by atoms with Crippen molar-refractivity contribution in [1.82, 2.24) is 29.5 Å². The summed E-state index contributed by atoms with van der Waals surface area (Å²) in [5.41, 5.74) is 18.4. The topological polar surface area (TPSA) is 72.3 Å². The Kier molecular flexibility index (Phi) is 16.4. The van der Waals surface area contributed by atoms with E-state index >= 15 is 0 Å². The molecule has 119 heavy (non-hydrogen) atoms. The summed E-state index contributed by atoms with van der Waals surface area (Å²) >= 11 is 13.4. The molecule has 6 nitrogen and oxygen atoms in total. The van der Waals surface area contributed by atoms with Gasteiger partial charge in [-0.3, -0.25) is 4.57 Å². The second-order valence-electron chi connectivity index (χ2n) is 30.5. The number of thiophene rings is 4. The van der Waals surface area contributed by atoms with Gasteiger partial charge in [-0.05, 0) is 173 Å². The lowest BCUT2D eigenvalue weighted by Gasteiger charge is -2.11. The fourth-order valence-corrected chi connectivity index (χ4v) is 22.8. The lowest BCUT2D eigenvalue weighted by molar-refractivity contribution is 1.02. The van der Waals surface area contributed by atoms with Crippen molar-refractivity contribution in [3.8, 4) is 73.0 Å². The van der Waals surface area contributed by atoms with Gasteiger partial charge in [-0.1, -0.05) is 291 Å². The van der Waals surface area contributed by atoms with E-state index in [2.05, 4.69) is 377 Å². The Bertz CT molecular complexity index is 8560. The zero-order chi connectivity index (χ0) is 78.3. The smallest absolute Gasteiger partial charge is 0.236 e. The predicted octanol–water partition coefficient (Wildman–Crippen LogP) is 32.1. The van der Waals surface area contributed by atoms with E-state index in [4.69, 9.17) is 21.6 Å². The van der Waals surface area contributed by atoms with Crippen LogP contribution in [0, 0.1) is 0 Å². The van der Waals surface area contributed by atoms with Crippen molar-refractivity contribution in [1.29, 1.82) is 0 Å². The number of fused-ring (bicyclic) bond motifs is 26. The second-order valence-corrected chi connectivity index (χ2v) is 35.0. The SMILES string of the molecule is Clc1nc(-c2ccccc2)c2c(n1)sc1ccc3ccccc3c12.c1ccc(-c2ccc3[nH]c4cc5c(ccc6c7cc(-c8ccccc8)ccc7sc56)cc4c3c2)cc1.c1ccc(-c2ccc3sc4c5cc6c(cc5ccc4c3c2)c2cc(-c3ccccc3)ccc2n6-c2nc(-c3ccccc3)c3c(n2)sc2ccc4ccccc4c23)cc1. The van der Waals surface area contributed by atoms with Crippen molar-refractivity contribution < 1.29 is 0 Å². The molecule has 0 spiro atoms. The number of H-pyrrole nitrogens is 1. The number of aromatic nitrogens is 6. The van der Waals surface area contributed by atoms with E-state index in [0.29, 0.717) is 5.95 Å². The molecule has 0 aliphatic rings. The van der Waals surface area contributed by atoms with E-state index in [-0.39, 0.29) is 5.28 Å². The van der Waals surface area contributed by atoms with Crippen LogP contribution in [0.3, 0.4) is 0 Å². The molecule has 0 saturated carbocycles. The molecule has 556 valence electrons. The molecule has 8 heterocycles. The third-order valence-electron chi connectivity index (χ3n) is 23.6. The third kappa shape index (κ3) is 11.7. The van der Waals surface area contributed by atoms with Crippen LogP contribution in [0.4, 0.5) is 0 Å². The van der Waals surface area contributed by atoms with E-state index in [0.717, 1.165) is 54.0 Å². The molecule has 18 aromatic carbocycles. The van der Waals surface area contributed by atoms with Gasteiger partial charge in [0.25, 0.3) is 0 Å². The molecule has 0 amide bonds. The summed E-state index contributed by atoms with van der Waals surface area (Å²) in [5, 5.41) is 25.0. The summed E-state index contributed by atoms with van der Waals surface area (Å²) in [6.07, 6.45) is 0. The van der Waals surface area contributed by atoms with Crippen LogP contribution < -0.4 is 0 Å². The first kappa shape index (κ1) is 69.3. The molecular weight excluding hydrogens is 1540 g/mol. The van der Waals surface area contributed by atoms with Gasteiger partial charge in [-0.2, -0.15) is 0 Å². The van der Waals surface area contributed by atoms with Crippen molar-refractivity contribution in [2.24, 2.45) is 0 Å². The van der Waals surface area contributed by atoms with Crippen LogP contribution in [0.15, 0.2) is 376 Å². The molecule has 0 fully saturated rings. The van der Waals surface area contributed by atoms with Crippen LogP contribution in [0.25, 0.3) is 241 Å². The number of hydrogen-bond donors (Lipinski definition) is 1. The molecule has 0 radical (unpaired) electrons. The quantitative estimate of drug-likeness (QED) is 0.161. The number of nitrogens with zero attached hydrogens (tertiary/aromatic N) is 5. The molecule has 26 rings (SSSR count). The van der Waals surface area contributed by atoms with Gasteiger partial charge in [0.1, 0.15) is 9.66 Å². The Morgan fingerprint density at radius 3 is 1.14 bits per heavy atom. The molecule has 11 heteroatoms. The van der Waals surface area contributed by atoms with Gasteiger partial charge < -0.3 is 4.98 Å². The number of nitrogens with one attached hydrogen (secondary N) is 1. The van der Waals surface area contributed by atoms with Crippen molar-refractivity contribution in [2.75, 3.05) is 0 Å². The van der Waals surface area contributed by atoms with Crippen LogP contribution >= 0.6 is 56.9 Å². The fraction of sp³-hybridized carbons (Fsp3) is 0. The Labute approximate surface area is 702 Å². The Morgan fingerprint density at radius 2 is 0.622 bits per heavy atom. The van der Waals surface area contributed by atoms with Crippen LogP contribution in [0.1, 0.15) is 0 Å². The largest absolute Gasteiger partial charge is 0.354 e. The summed E-state index contributed by atoms with van der Waals surface area (Å²) in [4.78, 5) is 25.8. The highest BCUT2D eigenvalue weighted by Crippen LogP contribution is 2.49. The predicted molar refractivity (Wildman–Crippen MR) is 513 cm³/mol. The van der Waals surface area contributed by atoms with Crippen molar-refractivity contribution in [3.63, 3.8) is 0 Å². The normalized spacial score (nSPS) is 11.9. The van der Waals surface area contributed by atoms with Crippen molar-refractivity contribution in [2.45, 2.75) is 0 Å². The van der Waals surface area contributed by atoms with E-state index in [1.54, 1.807) is 22.7 Å². The summed E-state index contributed by atoms with van der Waals surface area (Å²) < 4.78 is 10.0. The van der Waals surface area contributed by atoms with Gasteiger partial charge in [0.2, 0.25) is 11.2 Å². The van der Waals surface area contributed by atoms with E-state index < -0.39 is 0 Å². The van der Waals surface area contributed by atoms with E-state index in [1.165, 1.54) is 181 Å². The van der Waals surface area contributed by atoms with Crippen LogP contribution in [-0.2, 0) is 0 Å². The minimum atomic E-state index is 0.289. The molecule has 0 atom stereocenters. The van der Waals surface area contributed by atoms with E-state index in [1.807, 2.05) is 40.9 Å². The zero-order valence-corrected chi connectivity index (χ0v) is 67.6. The number of benzene rings is 18. The molecule has 0 aliphatic carbocycles. The summed E-state index contributed by atoms with van der Waals surface area (Å²) in [5.74, 6) is 0.676. The van der Waals surface area contributed by atoms with E-state index in [9.17, 15) is 0 Å². The molecule has 0 aliphatic heterocycles. The average Bonchev–Trinajstić information content (AvgIpc) is 1.53. The molecule has 26 aromatic rings. The number of halogens is 1. The molecular formula is C108H63ClN6S4. The lowest BCUT2D eigenvalue weighted by Crippen LogP contribution is -2.02. The highest BCUT2D eigenvalue weighted by molar-refractivity contribution is 7.27. The first-order valence-electron chi connectivity index (χ1n) is 39.8. The van der Waals surface area contributed by atoms with Gasteiger partial charge >= 0.3 is 0 Å². The van der Waals surface area contributed by atoms with Gasteiger partial charge in [0, 0.05) is 126 Å². The highest BCUT2D eigenvalue weighted by atomic mass is 35.5. The maximum absolute atomic E-state index is 6.20. The van der Waals surface area contributed by atoms with Crippen molar-refractivity contribution in [3.05, 3.63) is 381 Å². The molecule has 8 aromatic heterocycles. The van der Waals surface area contributed by atoms with Crippen molar-refractivity contribution >= 4 is 225 Å². The zero-order valence-electron chi connectivity index (χ0n) is 63.5. The summed E-state index contributed by atoms with van der Waals surface area (Å²) in [6, 6.07) is 135. The molecule has 0 bridgehead atoms. The van der Waals surface area contributed by atoms with Gasteiger partial charge in [-0.25, -0.2) is 19.9 Å². The maximum atomic E-state index is 6.20. The van der Waals surface area contributed by atoms with Gasteiger partial charge in [0.15, 0.2) is 0 Å². The third-order valence-corrected chi connectivity index (χ3v) is 28.3. The first-order chi connectivity index (χ1) is 58.9. The lowest BCUT2D eigenvalue weighted by atomic mass is 10.00. The highest BCUT2D eigenvalue weighted by Gasteiger charge is 2.25. The summed E-state index contributed by atoms with van der Waals surface area (Å²) in [7, 11) is 0. The Balaban J connectivity index is 0.000000113. The minimum Gasteiger partial charge on any atom is -0.354 e. The maximum Gasteiger partial charge on any atom is 0.236 e. The van der Waals surface area contributed by atoms with Gasteiger partial charge in [-0.15, -0.1) is 45.3 Å². The molecule has 0 saturated heterocycles. The molecule has 0 unspecified atom stereocenters. The summed E-state index contributed by atoms with van der Waals surface area (Å²) in [6.45, 7) is 0. The van der Waals surface area contributed by atoms with Gasteiger partial charge in [0.05, 0.1) is 22.4 Å². The average molecular weight is 1610 g/mol. The number of hydrogen-bond acceptors (Lipinski definition) is 8. The van der Waals surface area contributed by atoms with Crippen LogP contribution in [-0.4, -0.2) is 29.5 Å². The second kappa shape index (κ2) is 28.1. The number of aromatic amines is 1. The monoisotopic (exact) mass is 1610 g/mol. The first-order valence-corrected chi connectivity index (χ1v) is 43.4. The Hall–Kier alpha value is -14.1. The fourth-order valence-electron chi connectivity index (χ4n) is 18.0. The minimum absolute atomic E-state index is 0.289. The standard InChI is InChI=1S/C54H31N3S2.C34H21NS.C20H11ClN2S/c1-4-12-32(13-5-1)36-21-25-45-42(28-36)43-30-38-20-24-40-44-29-37(33-14-6-2-7-15-33)23-26-47(44)58-52(40)41(38)31-46(43)57(45)54-55-51(35-17-8-3-9-18-35)50-49-39-19-11-10-16-34(39)22-27-48(49)59-53(50)56-54;1-3-7-21(8-4-1)23-12-15-31-28(17-23)29-19-25-11-14-26-30-18-24(22-9-5-2-6-10-22)13-16-33(30)36-34(26)27(25)20-32(29)35-31;21-20-22-18(13-7-2-1-3-8-13)17-16-14-9-5-4-6-12(14)10-11-15(16)24-19(17)23-20/h1-31H;1-20,35H;1-11H. The number of rotatable bonds is 7. The Morgan fingerprint density at radius 1 is 0.227 bits per heavy atom. The van der Waals surface area contributed by atoms with Crippen LogP contribution in [0.5, 0.6) is 0 Å². The molecule has 1 N–H and O–H groups in total.